The molecule has 0 saturated heterocycles. The fraction of sp³-hybridized carbons (Fsp3) is 0.353. The molecule has 1 aromatic heterocycles. The molecule has 0 radical (unpaired) electrons. The zero-order valence-corrected chi connectivity index (χ0v) is 14.4. The first-order valence-corrected chi connectivity index (χ1v) is 8.39. The average molecular weight is 328 g/mol. The van der Waals surface area contributed by atoms with Crippen LogP contribution >= 0.6 is 11.3 Å². The summed E-state index contributed by atoms with van der Waals surface area (Å²) >= 11 is 1.49. The van der Waals surface area contributed by atoms with Crippen molar-refractivity contribution in [1.82, 2.24) is 9.47 Å². The maximum atomic E-state index is 12.2. The van der Waals surface area contributed by atoms with Gasteiger partial charge in [0.05, 0.1) is 12.5 Å². The van der Waals surface area contributed by atoms with Crippen LogP contribution in [-0.2, 0) is 6.42 Å². The van der Waals surface area contributed by atoms with Crippen LogP contribution in [0.4, 0.5) is 4.79 Å². The molecule has 0 aliphatic heterocycles. The van der Waals surface area contributed by atoms with Crippen LogP contribution in [0.5, 0.6) is 0 Å². The van der Waals surface area contributed by atoms with Crippen LogP contribution < -0.4 is 4.80 Å². The molecule has 2 amide bonds. The lowest BCUT2D eigenvalue weighted by Gasteiger charge is -2.14. The Morgan fingerprint density at radius 1 is 1.30 bits per heavy atom. The minimum Gasteiger partial charge on any atom is -0.323 e. The minimum absolute atomic E-state index is 0.216. The molecule has 120 valence electrons. The number of thiazole rings is 1. The lowest BCUT2D eigenvalue weighted by atomic mass is 10.1. The Labute approximate surface area is 140 Å². The molecule has 2 rings (SSSR count). The van der Waals surface area contributed by atoms with E-state index in [2.05, 4.69) is 11.1 Å². The van der Waals surface area contributed by atoms with E-state index in [9.17, 15) is 4.79 Å². The highest BCUT2D eigenvalue weighted by Crippen LogP contribution is 2.12. The molecule has 0 N–H and O–H groups in total. The molecule has 6 heteroatoms. The van der Waals surface area contributed by atoms with Crippen LogP contribution in [0.25, 0.3) is 5.69 Å². The predicted molar refractivity (Wildman–Crippen MR) is 91.6 cm³/mol. The first-order chi connectivity index (χ1) is 11.1. The highest BCUT2D eigenvalue weighted by Gasteiger charge is 2.09. The summed E-state index contributed by atoms with van der Waals surface area (Å²) in [6.45, 7) is 7.17. The zero-order chi connectivity index (χ0) is 16.8. The fourth-order valence-corrected chi connectivity index (χ4v) is 3.06. The van der Waals surface area contributed by atoms with Crippen molar-refractivity contribution in [2.24, 2.45) is 4.99 Å². The van der Waals surface area contributed by atoms with Crippen LogP contribution in [0.3, 0.4) is 0 Å². The van der Waals surface area contributed by atoms with E-state index in [1.165, 1.54) is 11.3 Å². The smallest absolute Gasteiger partial charge is 0.323 e. The molecular formula is C17H20N4OS. The van der Waals surface area contributed by atoms with Gasteiger partial charge in [-0.25, -0.2) is 4.79 Å². The number of carbonyl (C=O) groups is 1. The second kappa shape index (κ2) is 7.75. The second-order valence-electron chi connectivity index (χ2n) is 5.06. The Hall–Kier alpha value is -2.39. The van der Waals surface area contributed by atoms with Gasteiger partial charge in [-0.05, 0) is 38.5 Å². The maximum Gasteiger partial charge on any atom is 0.346 e. The fourth-order valence-electron chi connectivity index (χ4n) is 2.23. The summed E-state index contributed by atoms with van der Waals surface area (Å²) in [6.07, 6.45) is 2.36. The van der Waals surface area contributed by atoms with E-state index in [1.807, 2.05) is 55.8 Å². The van der Waals surface area contributed by atoms with Crippen molar-refractivity contribution in [3.8, 4) is 11.8 Å². The Balaban J connectivity index is 2.41. The van der Waals surface area contributed by atoms with Crippen LogP contribution in [0.15, 0.2) is 35.5 Å². The molecule has 0 fully saturated rings. The van der Waals surface area contributed by atoms with E-state index in [4.69, 9.17) is 5.26 Å². The SMILES string of the molecule is CCN(CC)C(=O)/N=c1\sc(C)cn1-c1ccc(CC#N)cc1. The van der Waals surface area contributed by atoms with Crippen LogP contribution in [0.2, 0.25) is 0 Å². The zero-order valence-electron chi connectivity index (χ0n) is 13.6. The Kier molecular flexibility index (Phi) is 5.72. The van der Waals surface area contributed by atoms with Crippen molar-refractivity contribution in [3.05, 3.63) is 45.7 Å². The van der Waals surface area contributed by atoms with Crippen LogP contribution in [0, 0.1) is 18.3 Å². The van der Waals surface area contributed by atoms with Gasteiger partial charge in [0.25, 0.3) is 0 Å². The first kappa shape index (κ1) is 17.0. The number of rotatable bonds is 4. The number of aromatic nitrogens is 1. The second-order valence-corrected chi connectivity index (χ2v) is 6.28. The molecule has 0 spiro atoms. The van der Waals surface area contributed by atoms with Crippen molar-refractivity contribution in [3.63, 3.8) is 0 Å². The molecule has 0 unspecified atom stereocenters. The molecule has 0 aliphatic carbocycles. The largest absolute Gasteiger partial charge is 0.346 e. The van der Waals surface area contributed by atoms with Crippen molar-refractivity contribution in [2.45, 2.75) is 27.2 Å². The van der Waals surface area contributed by atoms with Gasteiger partial charge in [-0.1, -0.05) is 12.1 Å². The standard InChI is InChI=1S/C17H20N4OS/c1-4-20(5-2)16(22)19-17-21(12-13(3)23-17)15-8-6-14(7-9-15)10-11-18/h6-9,12H,4-5,10H2,1-3H3/b19-17-. The number of urea groups is 1. The summed E-state index contributed by atoms with van der Waals surface area (Å²) in [5.41, 5.74) is 1.91. The van der Waals surface area contributed by atoms with Crippen molar-refractivity contribution in [1.29, 1.82) is 5.26 Å². The van der Waals surface area contributed by atoms with Gasteiger partial charge >= 0.3 is 6.03 Å². The summed E-state index contributed by atoms with van der Waals surface area (Å²) in [5, 5.41) is 8.74. The summed E-state index contributed by atoms with van der Waals surface area (Å²) < 4.78 is 1.91. The van der Waals surface area contributed by atoms with E-state index in [0.29, 0.717) is 24.3 Å². The van der Waals surface area contributed by atoms with Gasteiger partial charge in [0, 0.05) is 29.9 Å². The predicted octanol–water partition coefficient (Wildman–Crippen LogP) is 3.28. The highest BCUT2D eigenvalue weighted by molar-refractivity contribution is 7.09. The molecule has 1 aromatic carbocycles. The topological polar surface area (TPSA) is 61.4 Å². The minimum atomic E-state index is -0.216. The third-order valence-corrected chi connectivity index (χ3v) is 4.39. The van der Waals surface area contributed by atoms with E-state index < -0.39 is 0 Å². The van der Waals surface area contributed by atoms with Gasteiger partial charge in [-0.15, -0.1) is 11.3 Å². The number of benzene rings is 1. The van der Waals surface area contributed by atoms with Gasteiger partial charge in [0.1, 0.15) is 0 Å². The van der Waals surface area contributed by atoms with Crippen molar-refractivity contribution < 1.29 is 4.79 Å². The monoisotopic (exact) mass is 328 g/mol. The van der Waals surface area contributed by atoms with E-state index >= 15 is 0 Å². The molecule has 0 bridgehead atoms. The molecule has 0 atom stereocenters. The summed E-state index contributed by atoms with van der Waals surface area (Å²) in [5.74, 6) is 0. The molecular weight excluding hydrogens is 308 g/mol. The lowest BCUT2D eigenvalue weighted by Crippen LogP contribution is -2.30. The number of hydrogen-bond acceptors (Lipinski definition) is 3. The van der Waals surface area contributed by atoms with E-state index in [0.717, 1.165) is 16.1 Å². The maximum absolute atomic E-state index is 12.2. The van der Waals surface area contributed by atoms with Gasteiger partial charge in [0.2, 0.25) is 0 Å². The molecule has 23 heavy (non-hydrogen) atoms. The van der Waals surface area contributed by atoms with Gasteiger partial charge in [0.15, 0.2) is 4.80 Å². The summed E-state index contributed by atoms with van der Waals surface area (Å²) in [4.78, 5) is 19.9. The van der Waals surface area contributed by atoms with Crippen LogP contribution in [0.1, 0.15) is 24.3 Å². The normalized spacial score (nSPS) is 11.3. The quantitative estimate of drug-likeness (QED) is 0.864. The summed E-state index contributed by atoms with van der Waals surface area (Å²) in [6, 6.07) is 9.66. The number of nitrogens with zero attached hydrogens (tertiary/aromatic N) is 4. The van der Waals surface area contributed by atoms with Gasteiger partial charge in [-0.3, -0.25) is 4.57 Å². The molecule has 5 nitrogen and oxygen atoms in total. The highest BCUT2D eigenvalue weighted by atomic mass is 32.1. The number of carbonyl (C=O) groups excluding carboxylic acids is 1. The third kappa shape index (κ3) is 4.08. The number of amides is 2. The number of nitriles is 1. The number of hydrogen-bond donors (Lipinski definition) is 0. The Bertz CT molecular complexity index is 776. The van der Waals surface area contributed by atoms with Crippen molar-refractivity contribution in [2.75, 3.05) is 13.1 Å². The Morgan fingerprint density at radius 2 is 1.96 bits per heavy atom. The lowest BCUT2D eigenvalue weighted by molar-refractivity contribution is 0.212. The van der Waals surface area contributed by atoms with Gasteiger partial charge in [-0.2, -0.15) is 10.3 Å². The van der Waals surface area contributed by atoms with E-state index in [-0.39, 0.29) is 6.03 Å². The summed E-state index contributed by atoms with van der Waals surface area (Å²) in [7, 11) is 0. The molecule has 0 saturated carbocycles. The van der Waals surface area contributed by atoms with Crippen LogP contribution in [-0.4, -0.2) is 28.6 Å². The van der Waals surface area contributed by atoms with Gasteiger partial charge < -0.3 is 4.90 Å². The van der Waals surface area contributed by atoms with E-state index in [1.54, 1.807) is 4.90 Å². The average Bonchev–Trinajstić information content (AvgIpc) is 2.90. The van der Waals surface area contributed by atoms with Crippen molar-refractivity contribution >= 4 is 17.4 Å². The Morgan fingerprint density at radius 3 is 2.52 bits per heavy atom. The first-order valence-electron chi connectivity index (χ1n) is 7.58. The third-order valence-electron chi connectivity index (χ3n) is 3.49. The number of aryl methyl sites for hydroxylation is 1. The molecule has 1 heterocycles. The molecule has 0 aliphatic rings. The molecule has 2 aromatic rings.